The van der Waals surface area contributed by atoms with Gasteiger partial charge in [-0.15, -0.1) is 0 Å². The van der Waals surface area contributed by atoms with Crippen molar-refractivity contribution in [1.82, 2.24) is 5.06 Å². The van der Waals surface area contributed by atoms with E-state index in [-0.39, 0.29) is 5.91 Å². The molecule has 6 heteroatoms. The zero-order valence-electron chi connectivity index (χ0n) is 13.6. The number of halogens is 2. The van der Waals surface area contributed by atoms with Crippen molar-refractivity contribution in [3.8, 4) is 11.5 Å². The normalized spacial score (nSPS) is 10.7. The van der Waals surface area contributed by atoms with Crippen LogP contribution in [0.4, 0.5) is 0 Å². The van der Waals surface area contributed by atoms with E-state index >= 15 is 0 Å². The second-order valence-corrected chi connectivity index (χ2v) is 7.21. The highest BCUT2D eigenvalue weighted by Gasteiger charge is 2.18. The second-order valence-electron chi connectivity index (χ2n) is 5.38. The summed E-state index contributed by atoms with van der Waals surface area (Å²) in [6, 6.07) is 17.1. The van der Waals surface area contributed by atoms with Crippen molar-refractivity contribution in [2.75, 3.05) is 14.2 Å². The van der Waals surface area contributed by atoms with Gasteiger partial charge in [0, 0.05) is 16.0 Å². The molecule has 0 bridgehead atoms. The molecular formula is C19H15Br2NO3. The molecule has 0 unspecified atom stereocenters. The molecule has 0 saturated carbocycles. The Balaban J connectivity index is 1.98. The van der Waals surface area contributed by atoms with Crippen LogP contribution < -0.4 is 4.74 Å². The smallest absolute Gasteiger partial charge is 0.280 e. The highest BCUT2D eigenvalue weighted by atomic mass is 79.9. The van der Waals surface area contributed by atoms with Crippen LogP contribution in [-0.4, -0.2) is 25.1 Å². The number of carbonyl (C=O) groups is 1. The molecule has 0 saturated heterocycles. The molecule has 1 amide bonds. The fourth-order valence-electron chi connectivity index (χ4n) is 2.39. The van der Waals surface area contributed by atoms with E-state index in [1.54, 1.807) is 25.2 Å². The lowest BCUT2D eigenvalue weighted by molar-refractivity contribution is -0.0758. The average molecular weight is 465 g/mol. The highest BCUT2D eigenvalue weighted by molar-refractivity contribution is 9.10. The molecule has 0 aromatic heterocycles. The third kappa shape index (κ3) is 4.03. The summed E-state index contributed by atoms with van der Waals surface area (Å²) in [4.78, 5) is 17.4. The van der Waals surface area contributed by atoms with Gasteiger partial charge in [-0.05, 0) is 53.2 Å². The Hall–Kier alpha value is -1.89. The first-order valence-corrected chi connectivity index (χ1v) is 9.05. The van der Waals surface area contributed by atoms with Gasteiger partial charge in [0.2, 0.25) is 0 Å². The maximum absolute atomic E-state index is 12.4. The number of amides is 1. The number of hydroxylamine groups is 2. The first-order chi connectivity index (χ1) is 12.0. The van der Waals surface area contributed by atoms with Gasteiger partial charge in [0.05, 0.1) is 12.7 Å². The van der Waals surface area contributed by atoms with Crippen LogP contribution in [0.15, 0.2) is 63.5 Å². The van der Waals surface area contributed by atoms with Crippen LogP contribution in [0.1, 0.15) is 10.4 Å². The lowest BCUT2D eigenvalue weighted by Gasteiger charge is -2.17. The Morgan fingerprint density at radius 2 is 1.56 bits per heavy atom. The van der Waals surface area contributed by atoms with Gasteiger partial charge < -0.3 is 4.74 Å². The van der Waals surface area contributed by atoms with E-state index in [0.717, 1.165) is 24.8 Å². The number of rotatable bonds is 4. The van der Waals surface area contributed by atoms with Gasteiger partial charge in [-0.3, -0.25) is 9.63 Å². The first-order valence-electron chi connectivity index (χ1n) is 7.47. The van der Waals surface area contributed by atoms with Gasteiger partial charge in [0.25, 0.3) is 5.91 Å². The zero-order chi connectivity index (χ0) is 18.0. The standard InChI is InChI=1S/C19H15Br2NO3/c1-22(24-2)19(23)17-8-6-15(21)11-18(17)25-16-7-4-12-9-14(20)5-3-13(12)10-16/h3-11H,1-2H3. The van der Waals surface area contributed by atoms with E-state index in [4.69, 9.17) is 9.57 Å². The van der Waals surface area contributed by atoms with Gasteiger partial charge in [-0.1, -0.05) is 44.0 Å². The number of fused-ring (bicyclic) bond motifs is 1. The molecular weight excluding hydrogens is 450 g/mol. The van der Waals surface area contributed by atoms with Crippen LogP contribution in [0.5, 0.6) is 11.5 Å². The van der Waals surface area contributed by atoms with Crippen molar-refractivity contribution in [1.29, 1.82) is 0 Å². The Labute approximate surface area is 162 Å². The SMILES string of the molecule is CON(C)C(=O)c1ccc(Br)cc1Oc1ccc2cc(Br)ccc2c1. The van der Waals surface area contributed by atoms with Gasteiger partial charge in [0.1, 0.15) is 11.5 Å². The summed E-state index contributed by atoms with van der Waals surface area (Å²) >= 11 is 6.89. The zero-order valence-corrected chi connectivity index (χ0v) is 16.8. The van der Waals surface area contributed by atoms with Crippen LogP contribution in [0, 0.1) is 0 Å². The van der Waals surface area contributed by atoms with Crippen LogP contribution in [0.2, 0.25) is 0 Å². The van der Waals surface area contributed by atoms with Crippen molar-refractivity contribution in [3.63, 3.8) is 0 Å². The maximum atomic E-state index is 12.4. The number of carbonyl (C=O) groups excluding carboxylic acids is 1. The van der Waals surface area contributed by atoms with Gasteiger partial charge in [0.15, 0.2) is 0 Å². The number of nitrogens with zero attached hydrogens (tertiary/aromatic N) is 1. The van der Waals surface area contributed by atoms with Crippen molar-refractivity contribution in [2.24, 2.45) is 0 Å². The summed E-state index contributed by atoms with van der Waals surface area (Å²) in [5.41, 5.74) is 0.420. The molecule has 0 heterocycles. The maximum Gasteiger partial charge on any atom is 0.280 e. The highest BCUT2D eigenvalue weighted by Crippen LogP contribution is 2.31. The fraction of sp³-hybridized carbons (Fsp3) is 0.105. The molecule has 0 aliphatic carbocycles. The average Bonchev–Trinajstić information content (AvgIpc) is 2.61. The van der Waals surface area contributed by atoms with E-state index in [1.807, 2.05) is 36.4 Å². The molecule has 0 aliphatic heterocycles. The van der Waals surface area contributed by atoms with Crippen LogP contribution in [-0.2, 0) is 4.84 Å². The molecule has 0 fully saturated rings. The third-order valence-electron chi connectivity index (χ3n) is 3.74. The summed E-state index contributed by atoms with van der Waals surface area (Å²) < 4.78 is 7.85. The van der Waals surface area contributed by atoms with Gasteiger partial charge in [-0.2, -0.15) is 0 Å². The summed E-state index contributed by atoms with van der Waals surface area (Å²) in [6.45, 7) is 0. The summed E-state index contributed by atoms with van der Waals surface area (Å²) in [6.07, 6.45) is 0. The first kappa shape index (κ1) is 17.9. The monoisotopic (exact) mass is 463 g/mol. The van der Waals surface area contributed by atoms with Crippen molar-refractivity contribution in [3.05, 3.63) is 69.1 Å². The number of hydrogen-bond acceptors (Lipinski definition) is 3. The van der Waals surface area contributed by atoms with Crippen LogP contribution in [0.3, 0.4) is 0 Å². The Morgan fingerprint density at radius 1 is 0.920 bits per heavy atom. The Bertz CT molecular complexity index is 943. The lowest BCUT2D eigenvalue weighted by atomic mass is 10.1. The molecule has 3 rings (SSSR count). The molecule has 0 aliphatic rings. The van der Waals surface area contributed by atoms with Crippen LogP contribution >= 0.6 is 31.9 Å². The largest absolute Gasteiger partial charge is 0.456 e. The van der Waals surface area contributed by atoms with Crippen molar-refractivity contribution < 1.29 is 14.4 Å². The predicted molar refractivity (Wildman–Crippen MR) is 105 cm³/mol. The Kier molecular flexibility index (Phi) is 5.42. The summed E-state index contributed by atoms with van der Waals surface area (Å²) in [5.74, 6) is 0.830. The van der Waals surface area contributed by atoms with E-state index in [2.05, 4.69) is 31.9 Å². The molecule has 128 valence electrons. The van der Waals surface area contributed by atoms with Crippen molar-refractivity contribution >= 4 is 48.5 Å². The molecule has 4 nitrogen and oxygen atoms in total. The topological polar surface area (TPSA) is 38.8 Å². The second kappa shape index (κ2) is 7.56. The number of hydrogen-bond donors (Lipinski definition) is 0. The number of ether oxygens (including phenoxy) is 1. The fourth-order valence-corrected chi connectivity index (χ4v) is 3.11. The molecule has 0 radical (unpaired) electrons. The molecule has 0 spiro atoms. The van der Waals surface area contributed by atoms with Crippen molar-refractivity contribution in [2.45, 2.75) is 0 Å². The minimum Gasteiger partial charge on any atom is -0.456 e. The lowest BCUT2D eigenvalue weighted by Crippen LogP contribution is -2.25. The summed E-state index contributed by atoms with van der Waals surface area (Å²) in [7, 11) is 3.00. The molecule has 3 aromatic rings. The van der Waals surface area contributed by atoms with E-state index in [9.17, 15) is 4.79 Å². The molecule has 0 atom stereocenters. The van der Waals surface area contributed by atoms with E-state index in [0.29, 0.717) is 17.1 Å². The minimum atomic E-state index is -0.283. The number of benzene rings is 3. The van der Waals surface area contributed by atoms with Crippen LogP contribution in [0.25, 0.3) is 10.8 Å². The van der Waals surface area contributed by atoms with Gasteiger partial charge >= 0.3 is 0 Å². The van der Waals surface area contributed by atoms with E-state index < -0.39 is 0 Å². The third-order valence-corrected chi connectivity index (χ3v) is 4.72. The summed E-state index contributed by atoms with van der Waals surface area (Å²) in [5, 5.41) is 3.32. The predicted octanol–water partition coefficient (Wildman–Crippen LogP) is 5.79. The van der Waals surface area contributed by atoms with Gasteiger partial charge in [-0.25, -0.2) is 5.06 Å². The molecule has 25 heavy (non-hydrogen) atoms. The van der Waals surface area contributed by atoms with E-state index in [1.165, 1.54) is 7.11 Å². The Morgan fingerprint density at radius 3 is 2.32 bits per heavy atom. The minimum absolute atomic E-state index is 0.283. The quantitative estimate of drug-likeness (QED) is 0.458. The molecule has 3 aromatic carbocycles. The molecule has 0 N–H and O–H groups in total.